The normalized spacial score (nSPS) is 12.6. The molecule has 0 N–H and O–H groups in total. The standard InChI is InChI=1S/C44H27ClN2S/c45-36-20-11-23-41-44(36)47(37-22-10-13-28-12-4-5-16-31(28)37)39-25-24-29(26-42(39)48-41)35-27-40-43(33-18-7-6-17-32(33)35)34-19-8-9-21-38(34)46(40)30-14-2-1-3-15-30/h1-27H. The summed E-state index contributed by atoms with van der Waals surface area (Å²) in [5.74, 6) is 0. The Morgan fingerprint density at radius 3 is 2.06 bits per heavy atom. The van der Waals surface area contributed by atoms with Crippen molar-refractivity contribution in [2.75, 3.05) is 4.90 Å². The number of rotatable bonds is 3. The number of hydrogen-bond donors (Lipinski definition) is 0. The average Bonchev–Trinajstić information content (AvgIpc) is 3.48. The Hall–Kier alpha value is -5.48. The molecule has 1 aromatic heterocycles. The smallest absolute Gasteiger partial charge is 0.0788 e. The number of fused-ring (bicyclic) bond motifs is 8. The van der Waals surface area contributed by atoms with E-state index in [1.807, 2.05) is 12.1 Å². The molecule has 2 heterocycles. The van der Waals surface area contributed by atoms with Crippen molar-refractivity contribution in [1.29, 1.82) is 0 Å². The van der Waals surface area contributed by atoms with E-state index in [-0.39, 0.29) is 0 Å². The zero-order valence-electron chi connectivity index (χ0n) is 25.8. The number of aromatic nitrogens is 1. The molecule has 0 atom stereocenters. The molecule has 1 aliphatic heterocycles. The summed E-state index contributed by atoms with van der Waals surface area (Å²) in [6.07, 6.45) is 0. The zero-order valence-corrected chi connectivity index (χ0v) is 27.3. The van der Waals surface area contributed by atoms with E-state index in [0.717, 1.165) is 32.7 Å². The number of hydrogen-bond acceptors (Lipinski definition) is 2. The zero-order chi connectivity index (χ0) is 31.8. The van der Waals surface area contributed by atoms with Crippen LogP contribution in [-0.2, 0) is 0 Å². The van der Waals surface area contributed by atoms with Crippen molar-refractivity contribution in [3.05, 3.63) is 169 Å². The van der Waals surface area contributed by atoms with Gasteiger partial charge in [-0.05, 0) is 81.9 Å². The average molecular weight is 651 g/mol. The summed E-state index contributed by atoms with van der Waals surface area (Å²) in [5.41, 5.74) is 9.26. The van der Waals surface area contributed by atoms with E-state index in [4.69, 9.17) is 11.6 Å². The number of para-hydroxylation sites is 3. The minimum Gasteiger partial charge on any atom is -0.309 e. The highest BCUT2D eigenvalue weighted by molar-refractivity contribution is 7.99. The first-order valence-corrected chi connectivity index (χ1v) is 17.3. The lowest BCUT2D eigenvalue weighted by Gasteiger charge is -2.34. The van der Waals surface area contributed by atoms with Gasteiger partial charge in [0.05, 0.1) is 33.1 Å². The fourth-order valence-electron chi connectivity index (χ4n) is 7.56. The summed E-state index contributed by atoms with van der Waals surface area (Å²) in [6, 6.07) is 58.9. The third-order valence-corrected chi connectivity index (χ3v) is 11.0. The van der Waals surface area contributed by atoms with Gasteiger partial charge >= 0.3 is 0 Å². The Balaban J connectivity index is 1.24. The predicted molar refractivity (Wildman–Crippen MR) is 205 cm³/mol. The minimum atomic E-state index is 0.743. The molecule has 4 heteroatoms. The molecule has 0 saturated heterocycles. The van der Waals surface area contributed by atoms with Gasteiger partial charge in [0, 0.05) is 31.6 Å². The van der Waals surface area contributed by atoms with Gasteiger partial charge in [0.1, 0.15) is 0 Å². The first kappa shape index (κ1) is 27.6. The molecule has 226 valence electrons. The van der Waals surface area contributed by atoms with Crippen LogP contribution in [0.4, 0.5) is 17.1 Å². The van der Waals surface area contributed by atoms with Crippen LogP contribution in [0.5, 0.6) is 0 Å². The van der Waals surface area contributed by atoms with E-state index in [0.29, 0.717) is 0 Å². The second kappa shape index (κ2) is 10.8. The summed E-state index contributed by atoms with van der Waals surface area (Å²) < 4.78 is 2.41. The fourth-order valence-corrected chi connectivity index (χ4v) is 9.01. The summed E-state index contributed by atoms with van der Waals surface area (Å²) in [4.78, 5) is 4.69. The van der Waals surface area contributed by atoms with Gasteiger partial charge in [0.2, 0.25) is 0 Å². The molecule has 48 heavy (non-hydrogen) atoms. The van der Waals surface area contributed by atoms with E-state index in [2.05, 4.69) is 161 Å². The fraction of sp³-hybridized carbons (Fsp3) is 0. The van der Waals surface area contributed by atoms with Gasteiger partial charge in [-0.15, -0.1) is 0 Å². The molecule has 8 aromatic carbocycles. The third kappa shape index (κ3) is 4.08. The monoisotopic (exact) mass is 650 g/mol. The summed E-state index contributed by atoms with van der Waals surface area (Å²) >= 11 is 8.78. The predicted octanol–water partition coefficient (Wildman–Crippen LogP) is 13.3. The molecule has 0 amide bonds. The van der Waals surface area contributed by atoms with Gasteiger partial charge in [-0.2, -0.15) is 0 Å². The maximum atomic E-state index is 6.99. The van der Waals surface area contributed by atoms with E-state index in [9.17, 15) is 0 Å². The highest BCUT2D eigenvalue weighted by Gasteiger charge is 2.29. The van der Waals surface area contributed by atoms with Crippen LogP contribution in [0.25, 0.3) is 60.2 Å². The SMILES string of the molecule is Clc1cccc2c1N(c1cccc3ccccc13)c1ccc(-c3cc4c(c5ccccc35)c3ccccc3n4-c3ccccc3)cc1S2. The Labute approximate surface area is 287 Å². The molecule has 9 aromatic rings. The van der Waals surface area contributed by atoms with Gasteiger partial charge in [-0.25, -0.2) is 0 Å². The van der Waals surface area contributed by atoms with Gasteiger partial charge in [-0.1, -0.05) is 133 Å². The van der Waals surface area contributed by atoms with Crippen molar-refractivity contribution < 1.29 is 0 Å². The molecule has 0 bridgehead atoms. The molecule has 1 aliphatic rings. The Morgan fingerprint density at radius 2 is 1.19 bits per heavy atom. The molecule has 0 spiro atoms. The molecule has 10 rings (SSSR count). The highest BCUT2D eigenvalue weighted by atomic mass is 35.5. The van der Waals surface area contributed by atoms with Crippen LogP contribution in [-0.4, -0.2) is 4.57 Å². The molecule has 2 nitrogen and oxygen atoms in total. The highest BCUT2D eigenvalue weighted by Crippen LogP contribution is 2.55. The molecule has 0 aliphatic carbocycles. The van der Waals surface area contributed by atoms with Crippen LogP contribution in [0, 0.1) is 0 Å². The number of anilines is 3. The van der Waals surface area contributed by atoms with Crippen molar-refractivity contribution in [3.8, 4) is 16.8 Å². The van der Waals surface area contributed by atoms with Crippen LogP contribution >= 0.6 is 23.4 Å². The minimum absolute atomic E-state index is 0.743. The van der Waals surface area contributed by atoms with E-state index < -0.39 is 0 Å². The Morgan fingerprint density at radius 1 is 0.479 bits per heavy atom. The van der Waals surface area contributed by atoms with Gasteiger partial charge < -0.3 is 9.47 Å². The van der Waals surface area contributed by atoms with Gasteiger partial charge in [-0.3, -0.25) is 0 Å². The summed E-state index contributed by atoms with van der Waals surface area (Å²) in [7, 11) is 0. The maximum absolute atomic E-state index is 6.99. The van der Waals surface area contributed by atoms with E-state index in [1.165, 1.54) is 59.4 Å². The number of halogens is 1. The molecule has 0 fully saturated rings. The van der Waals surface area contributed by atoms with Crippen LogP contribution < -0.4 is 4.90 Å². The lowest BCUT2D eigenvalue weighted by molar-refractivity contribution is 1.17. The topological polar surface area (TPSA) is 8.17 Å². The number of nitrogens with zero attached hydrogens (tertiary/aromatic N) is 2. The van der Waals surface area contributed by atoms with Crippen molar-refractivity contribution in [3.63, 3.8) is 0 Å². The first-order chi connectivity index (χ1) is 23.7. The number of benzene rings is 8. The van der Waals surface area contributed by atoms with Crippen molar-refractivity contribution >= 4 is 83.8 Å². The molecular formula is C44H27ClN2S. The lowest BCUT2D eigenvalue weighted by atomic mass is 9.94. The molecule has 0 saturated carbocycles. The Kier molecular flexibility index (Phi) is 6.20. The van der Waals surface area contributed by atoms with Gasteiger partial charge in [0.15, 0.2) is 0 Å². The second-order valence-electron chi connectivity index (χ2n) is 12.3. The molecular weight excluding hydrogens is 624 g/mol. The van der Waals surface area contributed by atoms with Crippen LogP contribution in [0.1, 0.15) is 0 Å². The van der Waals surface area contributed by atoms with Crippen LogP contribution in [0.3, 0.4) is 0 Å². The van der Waals surface area contributed by atoms with E-state index >= 15 is 0 Å². The first-order valence-electron chi connectivity index (χ1n) is 16.1. The van der Waals surface area contributed by atoms with Gasteiger partial charge in [0.25, 0.3) is 0 Å². The Bertz CT molecular complexity index is 2720. The lowest BCUT2D eigenvalue weighted by Crippen LogP contribution is -2.15. The summed E-state index contributed by atoms with van der Waals surface area (Å²) in [5, 5.41) is 8.19. The largest absolute Gasteiger partial charge is 0.309 e. The van der Waals surface area contributed by atoms with Crippen LogP contribution in [0.15, 0.2) is 174 Å². The maximum Gasteiger partial charge on any atom is 0.0788 e. The van der Waals surface area contributed by atoms with Crippen molar-refractivity contribution in [2.45, 2.75) is 9.79 Å². The van der Waals surface area contributed by atoms with Crippen molar-refractivity contribution in [2.24, 2.45) is 0 Å². The second-order valence-corrected chi connectivity index (χ2v) is 13.7. The van der Waals surface area contributed by atoms with E-state index in [1.54, 1.807) is 11.8 Å². The summed E-state index contributed by atoms with van der Waals surface area (Å²) in [6.45, 7) is 0. The quantitative estimate of drug-likeness (QED) is 0.188. The molecule has 0 radical (unpaired) electrons. The van der Waals surface area contributed by atoms with Crippen LogP contribution in [0.2, 0.25) is 5.02 Å². The van der Waals surface area contributed by atoms with Crippen molar-refractivity contribution in [1.82, 2.24) is 4.57 Å². The third-order valence-electron chi connectivity index (χ3n) is 9.61. The molecule has 0 unspecified atom stereocenters.